The van der Waals surface area contributed by atoms with E-state index in [4.69, 9.17) is 9.47 Å². The van der Waals surface area contributed by atoms with Crippen LogP contribution >= 0.6 is 0 Å². The van der Waals surface area contributed by atoms with Crippen LogP contribution in [0.15, 0.2) is 49.1 Å². The van der Waals surface area contributed by atoms with Crippen molar-refractivity contribution in [2.75, 3.05) is 6.61 Å². The summed E-state index contributed by atoms with van der Waals surface area (Å²) < 4.78 is 40.1. The van der Waals surface area contributed by atoms with Gasteiger partial charge in [0.25, 0.3) is 0 Å². The molecule has 0 heterocycles. The molecule has 1 unspecified atom stereocenters. The molecule has 5 heteroatoms. The van der Waals surface area contributed by atoms with Crippen molar-refractivity contribution in [3.8, 4) is 11.5 Å². The molecule has 0 aliphatic heterocycles. The number of carbonyl (C=O) groups excluding carboxylic acids is 1. The average Bonchev–Trinajstić information content (AvgIpc) is 2.97. The van der Waals surface area contributed by atoms with Crippen LogP contribution in [0.25, 0.3) is 0 Å². The number of ether oxygens (including phenoxy) is 2. The summed E-state index contributed by atoms with van der Waals surface area (Å²) in [4.78, 5) is 12.7. The average molecular weight is 555 g/mol. The van der Waals surface area contributed by atoms with Crippen LogP contribution in [0, 0.1) is 23.5 Å². The molecular formula is C35H48F2O3. The van der Waals surface area contributed by atoms with Gasteiger partial charge in [0.2, 0.25) is 5.82 Å². The van der Waals surface area contributed by atoms with Crippen LogP contribution in [0.2, 0.25) is 0 Å². The lowest BCUT2D eigenvalue weighted by molar-refractivity contribution is 0.0728. The molecule has 2 aromatic rings. The number of allylic oxidation sites excluding steroid dienone is 1. The highest BCUT2D eigenvalue weighted by Crippen LogP contribution is 2.42. The Bertz CT molecular complexity index is 1040. The van der Waals surface area contributed by atoms with Crippen molar-refractivity contribution in [3.05, 3.63) is 71.8 Å². The molecule has 0 bridgehead atoms. The van der Waals surface area contributed by atoms with Gasteiger partial charge in [0, 0.05) is 0 Å². The first kappa shape index (κ1) is 31.8. The fourth-order valence-corrected chi connectivity index (χ4v) is 5.98. The third-order valence-electron chi connectivity index (χ3n) is 8.39. The van der Waals surface area contributed by atoms with Crippen molar-refractivity contribution in [1.29, 1.82) is 0 Å². The van der Waals surface area contributed by atoms with Gasteiger partial charge in [-0.3, -0.25) is 0 Å². The Kier molecular flexibility index (Phi) is 13.7. The lowest BCUT2D eigenvalue weighted by Crippen LogP contribution is -2.20. The molecule has 0 amide bonds. The summed E-state index contributed by atoms with van der Waals surface area (Å²) in [7, 11) is 0. The SMILES string of the molecule is C=CCC(c1ccc(OC(=O)c2ccc(OCCCCCCC)c(F)c2F)cc1)[C@H]1CC[C@H](CCCCC)CC1. The van der Waals surface area contributed by atoms with Gasteiger partial charge in [0.05, 0.1) is 12.2 Å². The van der Waals surface area contributed by atoms with Gasteiger partial charge in [-0.2, -0.15) is 4.39 Å². The van der Waals surface area contributed by atoms with Gasteiger partial charge >= 0.3 is 5.97 Å². The highest BCUT2D eigenvalue weighted by Gasteiger charge is 2.28. The molecule has 3 rings (SSSR count). The summed E-state index contributed by atoms with van der Waals surface area (Å²) in [6, 6.07) is 9.97. The van der Waals surface area contributed by atoms with E-state index in [1.54, 1.807) is 12.1 Å². The van der Waals surface area contributed by atoms with Crippen molar-refractivity contribution in [3.63, 3.8) is 0 Å². The lowest BCUT2D eigenvalue weighted by atomic mass is 9.71. The van der Waals surface area contributed by atoms with Gasteiger partial charge in [-0.1, -0.05) is 96.3 Å². The third kappa shape index (κ3) is 9.45. The van der Waals surface area contributed by atoms with E-state index in [1.165, 1.54) is 69.1 Å². The quantitative estimate of drug-likeness (QED) is 0.0844. The summed E-state index contributed by atoms with van der Waals surface area (Å²) in [5.41, 5.74) is 0.750. The second kappa shape index (κ2) is 17.2. The first-order valence-corrected chi connectivity index (χ1v) is 15.5. The molecule has 0 spiro atoms. The zero-order valence-electron chi connectivity index (χ0n) is 24.6. The Morgan fingerprint density at radius 3 is 2.25 bits per heavy atom. The van der Waals surface area contributed by atoms with Crippen molar-refractivity contribution in [2.24, 2.45) is 11.8 Å². The molecule has 0 N–H and O–H groups in total. The highest BCUT2D eigenvalue weighted by molar-refractivity contribution is 5.91. The zero-order chi connectivity index (χ0) is 28.7. The molecule has 220 valence electrons. The molecule has 0 saturated heterocycles. The Labute approximate surface area is 240 Å². The van der Waals surface area contributed by atoms with E-state index in [2.05, 4.69) is 20.4 Å². The fraction of sp³-hybridized carbons (Fsp3) is 0.571. The van der Waals surface area contributed by atoms with Crippen LogP contribution < -0.4 is 9.47 Å². The van der Waals surface area contributed by atoms with Crippen molar-refractivity contribution < 1.29 is 23.0 Å². The van der Waals surface area contributed by atoms with Crippen molar-refractivity contribution >= 4 is 5.97 Å². The van der Waals surface area contributed by atoms with Crippen LogP contribution in [0.3, 0.4) is 0 Å². The van der Waals surface area contributed by atoms with Crippen LogP contribution in [0.5, 0.6) is 11.5 Å². The number of halogens is 2. The molecule has 3 nitrogen and oxygen atoms in total. The summed E-state index contributed by atoms with van der Waals surface area (Å²) >= 11 is 0. The Balaban J connectivity index is 1.56. The Morgan fingerprint density at radius 1 is 0.900 bits per heavy atom. The normalized spacial score (nSPS) is 17.8. The van der Waals surface area contributed by atoms with Gasteiger partial charge < -0.3 is 9.47 Å². The number of benzene rings is 2. The predicted octanol–water partition coefficient (Wildman–Crippen LogP) is 10.6. The van der Waals surface area contributed by atoms with Crippen LogP contribution in [0.1, 0.15) is 126 Å². The molecule has 1 saturated carbocycles. The topological polar surface area (TPSA) is 35.5 Å². The summed E-state index contributed by atoms with van der Waals surface area (Å²) in [6.45, 7) is 8.69. The predicted molar refractivity (Wildman–Crippen MR) is 159 cm³/mol. The van der Waals surface area contributed by atoms with Gasteiger partial charge in [-0.25, -0.2) is 9.18 Å². The minimum absolute atomic E-state index is 0.183. The number of esters is 1. The monoisotopic (exact) mass is 554 g/mol. The Hall–Kier alpha value is -2.69. The van der Waals surface area contributed by atoms with Crippen LogP contribution in [-0.2, 0) is 0 Å². The summed E-state index contributed by atoms with van der Waals surface area (Å²) in [5.74, 6) is -1.37. The molecule has 2 aromatic carbocycles. The zero-order valence-corrected chi connectivity index (χ0v) is 24.6. The number of hydrogen-bond acceptors (Lipinski definition) is 3. The lowest BCUT2D eigenvalue weighted by Gasteiger charge is -2.34. The number of hydrogen-bond donors (Lipinski definition) is 0. The molecule has 0 radical (unpaired) electrons. The van der Waals surface area contributed by atoms with Crippen molar-refractivity contribution in [2.45, 2.75) is 110 Å². The number of rotatable bonds is 17. The van der Waals surface area contributed by atoms with E-state index in [-0.39, 0.29) is 5.75 Å². The van der Waals surface area contributed by atoms with Gasteiger partial charge in [0.1, 0.15) is 5.75 Å². The van der Waals surface area contributed by atoms with E-state index in [0.717, 1.165) is 44.4 Å². The third-order valence-corrected chi connectivity index (χ3v) is 8.39. The molecule has 1 aliphatic rings. The second-order valence-corrected chi connectivity index (χ2v) is 11.4. The van der Waals surface area contributed by atoms with Crippen molar-refractivity contribution in [1.82, 2.24) is 0 Å². The maximum Gasteiger partial charge on any atom is 0.346 e. The molecular weight excluding hydrogens is 506 g/mol. The molecule has 0 aromatic heterocycles. The first-order valence-electron chi connectivity index (χ1n) is 15.5. The Morgan fingerprint density at radius 2 is 1.57 bits per heavy atom. The van der Waals surface area contributed by atoms with E-state index in [9.17, 15) is 13.6 Å². The largest absolute Gasteiger partial charge is 0.490 e. The van der Waals surface area contributed by atoms with E-state index in [1.807, 2.05) is 18.2 Å². The van der Waals surface area contributed by atoms with Gasteiger partial charge in [0.15, 0.2) is 11.6 Å². The molecule has 1 aliphatic carbocycles. The minimum atomic E-state index is -1.25. The fourth-order valence-electron chi connectivity index (χ4n) is 5.98. The highest BCUT2D eigenvalue weighted by atomic mass is 19.2. The second-order valence-electron chi connectivity index (χ2n) is 11.4. The minimum Gasteiger partial charge on any atom is -0.490 e. The molecule has 40 heavy (non-hydrogen) atoms. The maximum absolute atomic E-state index is 14.7. The molecule has 1 fully saturated rings. The maximum atomic E-state index is 14.7. The van der Waals surface area contributed by atoms with E-state index in [0.29, 0.717) is 24.2 Å². The van der Waals surface area contributed by atoms with E-state index >= 15 is 0 Å². The van der Waals surface area contributed by atoms with Crippen LogP contribution in [-0.4, -0.2) is 12.6 Å². The van der Waals surface area contributed by atoms with Gasteiger partial charge in [-0.05, 0) is 73.3 Å². The molecule has 1 atom stereocenters. The summed E-state index contributed by atoms with van der Waals surface area (Å²) in [5, 5.41) is 0. The smallest absolute Gasteiger partial charge is 0.346 e. The number of unbranched alkanes of at least 4 members (excludes halogenated alkanes) is 6. The first-order chi connectivity index (χ1) is 19.5. The van der Waals surface area contributed by atoms with Gasteiger partial charge in [-0.15, -0.1) is 6.58 Å². The standard InChI is InChI=1S/C35H48F2O3/c1-4-7-9-10-12-25-39-32-24-23-31(33(36)34(32)37)35(38)40-29-21-19-28(20-22-29)30(13-6-3)27-17-15-26(16-18-27)14-11-8-5-2/h6,19-24,26-27,30H,3-5,7-18,25H2,1-2H3/t26-,27-,30?. The number of carbonyl (C=O) groups is 1. The summed E-state index contributed by atoms with van der Waals surface area (Å²) in [6.07, 6.45) is 18.4. The van der Waals surface area contributed by atoms with E-state index < -0.39 is 23.2 Å². The van der Waals surface area contributed by atoms with Crippen LogP contribution in [0.4, 0.5) is 8.78 Å².